The van der Waals surface area contributed by atoms with Crippen molar-refractivity contribution in [3.63, 3.8) is 0 Å². The molecule has 0 aliphatic rings. The molecular formula is C9H17N3. The number of hydrogen-bond donors (Lipinski definition) is 1. The van der Waals surface area contributed by atoms with Crippen LogP contribution in [-0.4, -0.2) is 28.2 Å². The highest BCUT2D eigenvalue weighted by atomic mass is 15.2. The predicted octanol–water partition coefficient (Wildman–Crippen LogP) is 1.81. The molecule has 0 saturated carbocycles. The molecule has 3 nitrogen and oxygen atoms in total. The SMILES string of the molecule is CC(C)N(C)C(C)c1cn[nH]c1. The van der Waals surface area contributed by atoms with Gasteiger partial charge in [-0.25, -0.2) is 0 Å². The van der Waals surface area contributed by atoms with Gasteiger partial charge in [0.2, 0.25) is 0 Å². The normalized spacial score (nSPS) is 14.2. The molecule has 0 radical (unpaired) electrons. The van der Waals surface area contributed by atoms with E-state index in [1.807, 2.05) is 12.4 Å². The van der Waals surface area contributed by atoms with E-state index in [0.717, 1.165) is 0 Å². The summed E-state index contributed by atoms with van der Waals surface area (Å²) in [6.45, 7) is 6.57. The summed E-state index contributed by atoms with van der Waals surface area (Å²) in [6.07, 6.45) is 3.83. The van der Waals surface area contributed by atoms with Crippen molar-refractivity contribution in [2.45, 2.75) is 32.9 Å². The summed E-state index contributed by atoms with van der Waals surface area (Å²) in [4.78, 5) is 2.31. The van der Waals surface area contributed by atoms with Gasteiger partial charge in [0.1, 0.15) is 0 Å². The van der Waals surface area contributed by atoms with Crippen LogP contribution < -0.4 is 0 Å². The van der Waals surface area contributed by atoms with Crippen molar-refractivity contribution in [1.82, 2.24) is 15.1 Å². The summed E-state index contributed by atoms with van der Waals surface area (Å²) in [5.41, 5.74) is 1.24. The van der Waals surface area contributed by atoms with Crippen LogP contribution in [0.4, 0.5) is 0 Å². The first-order valence-corrected chi connectivity index (χ1v) is 4.33. The molecule has 1 atom stereocenters. The van der Waals surface area contributed by atoms with E-state index in [1.165, 1.54) is 5.56 Å². The van der Waals surface area contributed by atoms with Gasteiger partial charge in [0.15, 0.2) is 0 Å². The summed E-state index contributed by atoms with van der Waals surface area (Å²) in [5.74, 6) is 0. The maximum Gasteiger partial charge on any atom is 0.0535 e. The Labute approximate surface area is 73.8 Å². The molecule has 0 amide bonds. The van der Waals surface area contributed by atoms with E-state index in [9.17, 15) is 0 Å². The van der Waals surface area contributed by atoms with Gasteiger partial charge in [0, 0.05) is 23.8 Å². The minimum Gasteiger partial charge on any atom is -0.297 e. The third kappa shape index (κ3) is 1.85. The summed E-state index contributed by atoms with van der Waals surface area (Å²) in [5, 5.41) is 6.76. The third-order valence-corrected chi connectivity index (χ3v) is 2.43. The highest BCUT2D eigenvalue weighted by Gasteiger charge is 2.14. The molecule has 0 aliphatic carbocycles. The first kappa shape index (κ1) is 9.26. The van der Waals surface area contributed by atoms with E-state index in [-0.39, 0.29) is 0 Å². The summed E-state index contributed by atoms with van der Waals surface area (Å²) in [6, 6.07) is 0.999. The molecule has 0 aliphatic heterocycles. The minimum atomic E-state index is 0.434. The summed E-state index contributed by atoms with van der Waals surface area (Å²) in [7, 11) is 2.13. The van der Waals surface area contributed by atoms with E-state index in [0.29, 0.717) is 12.1 Å². The molecule has 1 aromatic rings. The van der Waals surface area contributed by atoms with Crippen molar-refractivity contribution in [2.24, 2.45) is 0 Å². The number of rotatable bonds is 3. The highest BCUT2D eigenvalue weighted by molar-refractivity contribution is 5.08. The average molecular weight is 167 g/mol. The fourth-order valence-corrected chi connectivity index (χ4v) is 1.17. The second kappa shape index (κ2) is 3.72. The second-order valence-electron chi connectivity index (χ2n) is 3.47. The van der Waals surface area contributed by atoms with Gasteiger partial charge in [-0.2, -0.15) is 5.10 Å². The number of aromatic nitrogens is 2. The van der Waals surface area contributed by atoms with Crippen LogP contribution in [0, 0.1) is 0 Å². The Balaban J connectivity index is 2.65. The fraction of sp³-hybridized carbons (Fsp3) is 0.667. The van der Waals surface area contributed by atoms with Crippen LogP contribution in [0.5, 0.6) is 0 Å². The van der Waals surface area contributed by atoms with E-state index in [2.05, 4.69) is 42.9 Å². The van der Waals surface area contributed by atoms with Crippen LogP contribution in [0.15, 0.2) is 12.4 Å². The monoisotopic (exact) mass is 167 g/mol. The molecule has 12 heavy (non-hydrogen) atoms. The number of H-pyrrole nitrogens is 1. The Kier molecular flexibility index (Phi) is 2.87. The van der Waals surface area contributed by atoms with Crippen LogP contribution in [-0.2, 0) is 0 Å². The van der Waals surface area contributed by atoms with Crippen molar-refractivity contribution in [3.05, 3.63) is 18.0 Å². The Morgan fingerprint density at radius 1 is 1.42 bits per heavy atom. The number of aromatic amines is 1. The van der Waals surface area contributed by atoms with Crippen molar-refractivity contribution < 1.29 is 0 Å². The van der Waals surface area contributed by atoms with Gasteiger partial charge in [-0.05, 0) is 27.8 Å². The maximum absolute atomic E-state index is 3.93. The molecule has 0 saturated heterocycles. The zero-order valence-electron chi connectivity index (χ0n) is 8.20. The Morgan fingerprint density at radius 3 is 2.50 bits per heavy atom. The second-order valence-corrected chi connectivity index (χ2v) is 3.47. The smallest absolute Gasteiger partial charge is 0.0535 e. The van der Waals surface area contributed by atoms with E-state index in [4.69, 9.17) is 0 Å². The Morgan fingerprint density at radius 2 is 2.08 bits per heavy atom. The lowest BCUT2D eigenvalue weighted by atomic mass is 10.1. The summed E-state index contributed by atoms with van der Waals surface area (Å²) < 4.78 is 0. The molecule has 1 unspecified atom stereocenters. The van der Waals surface area contributed by atoms with Gasteiger partial charge in [0.05, 0.1) is 6.20 Å². The molecule has 0 fully saturated rings. The van der Waals surface area contributed by atoms with Crippen molar-refractivity contribution >= 4 is 0 Å². The Bertz CT molecular complexity index is 216. The van der Waals surface area contributed by atoms with Crippen LogP contribution in [0.3, 0.4) is 0 Å². The van der Waals surface area contributed by atoms with E-state index in [1.54, 1.807) is 0 Å². The van der Waals surface area contributed by atoms with Crippen LogP contribution in [0.25, 0.3) is 0 Å². The van der Waals surface area contributed by atoms with Gasteiger partial charge in [-0.15, -0.1) is 0 Å². The first-order chi connectivity index (χ1) is 5.63. The summed E-state index contributed by atoms with van der Waals surface area (Å²) >= 11 is 0. The molecule has 1 N–H and O–H groups in total. The molecule has 0 aromatic carbocycles. The largest absolute Gasteiger partial charge is 0.297 e. The lowest BCUT2D eigenvalue weighted by Gasteiger charge is -2.27. The van der Waals surface area contributed by atoms with Crippen LogP contribution >= 0.6 is 0 Å². The molecule has 0 spiro atoms. The average Bonchev–Trinajstić information content (AvgIpc) is 2.53. The standard InChI is InChI=1S/C9H17N3/c1-7(2)12(4)8(3)9-5-10-11-6-9/h5-8H,1-4H3,(H,10,11). The molecule has 68 valence electrons. The molecule has 1 heterocycles. The van der Waals surface area contributed by atoms with E-state index < -0.39 is 0 Å². The number of nitrogens with one attached hydrogen (secondary N) is 1. The highest BCUT2D eigenvalue weighted by Crippen LogP contribution is 2.18. The zero-order valence-corrected chi connectivity index (χ0v) is 8.20. The van der Waals surface area contributed by atoms with Gasteiger partial charge < -0.3 is 0 Å². The Hall–Kier alpha value is -0.830. The van der Waals surface area contributed by atoms with Crippen molar-refractivity contribution in [2.75, 3.05) is 7.05 Å². The zero-order chi connectivity index (χ0) is 9.14. The molecule has 0 bridgehead atoms. The van der Waals surface area contributed by atoms with E-state index >= 15 is 0 Å². The van der Waals surface area contributed by atoms with Crippen LogP contribution in [0.2, 0.25) is 0 Å². The molecule has 1 rings (SSSR count). The lowest BCUT2D eigenvalue weighted by molar-refractivity contribution is 0.210. The number of nitrogens with zero attached hydrogens (tertiary/aromatic N) is 2. The van der Waals surface area contributed by atoms with Gasteiger partial charge in [-0.3, -0.25) is 10.00 Å². The van der Waals surface area contributed by atoms with Crippen molar-refractivity contribution in [1.29, 1.82) is 0 Å². The van der Waals surface area contributed by atoms with Crippen LogP contribution in [0.1, 0.15) is 32.4 Å². The first-order valence-electron chi connectivity index (χ1n) is 4.33. The fourth-order valence-electron chi connectivity index (χ4n) is 1.17. The maximum atomic E-state index is 3.93. The quantitative estimate of drug-likeness (QED) is 0.744. The lowest BCUT2D eigenvalue weighted by Crippen LogP contribution is -2.29. The topological polar surface area (TPSA) is 31.9 Å². The van der Waals surface area contributed by atoms with Gasteiger partial charge in [0.25, 0.3) is 0 Å². The predicted molar refractivity (Wildman–Crippen MR) is 49.9 cm³/mol. The number of hydrogen-bond acceptors (Lipinski definition) is 2. The molecule has 1 aromatic heterocycles. The third-order valence-electron chi connectivity index (χ3n) is 2.43. The van der Waals surface area contributed by atoms with Crippen molar-refractivity contribution in [3.8, 4) is 0 Å². The molecular weight excluding hydrogens is 150 g/mol. The van der Waals surface area contributed by atoms with Gasteiger partial charge >= 0.3 is 0 Å². The molecule has 3 heteroatoms. The minimum absolute atomic E-state index is 0.434. The van der Waals surface area contributed by atoms with Gasteiger partial charge in [-0.1, -0.05) is 0 Å².